The summed E-state index contributed by atoms with van der Waals surface area (Å²) in [5, 5.41) is 0. The highest BCUT2D eigenvalue weighted by molar-refractivity contribution is 5.96. The molecule has 0 radical (unpaired) electrons. The third-order valence-corrected chi connectivity index (χ3v) is 4.38. The van der Waals surface area contributed by atoms with E-state index in [0.29, 0.717) is 30.3 Å². The first-order valence-electron chi connectivity index (χ1n) is 8.90. The van der Waals surface area contributed by atoms with Gasteiger partial charge in [0.1, 0.15) is 17.3 Å². The summed E-state index contributed by atoms with van der Waals surface area (Å²) < 4.78 is 31.0. The highest BCUT2D eigenvalue weighted by atomic mass is 19.1. The van der Waals surface area contributed by atoms with Crippen LogP contribution in [-0.4, -0.2) is 31.4 Å². The number of hydrogen-bond acceptors (Lipinski definition) is 4. The van der Waals surface area contributed by atoms with Crippen molar-refractivity contribution in [3.05, 3.63) is 71.7 Å². The molecule has 1 heterocycles. The van der Waals surface area contributed by atoms with Crippen LogP contribution < -0.4 is 9.47 Å². The van der Waals surface area contributed by atoms with Crippen LogP contribution in [-0.2, 0) is 11.3 Å². The molecule has 5 nitrogen and oxygen atoms in total. The van der Waals surface area contributed by atoms with Crippen LogP contribution in [0.2, 0.25) is 0 Å². The third kappa shape index (κ3) is 4.01. The zero-order chi connectivity index (χ0) is 20.1. The second-order valence-electron chi connectivity index (χ2n) is 6.11. The minimum Gasteiger partial charge on any atom is -0.497 e. The predicted octanol–water partition coefficient (Wildman–Crippen LogP) is 4.54. The number of benzene rings is 2. The minimum absolute atomic E-state index is 0.312. The molecule has 3 rings (SSSR count). The molecule has 146 valence electrons. The molecule has 0 unspecified atom stereocenters. The Kier molecular flexibility index (Phi) is 5.99. The van der Waals surface area contributed by atoms with Crippen LogP contribution >= 0.6 is 0 Å². The number of hydrogen-bond donors (Lipinski definition) is 0. The van der Waals surface area contributed by atoms with Gasteiger partial charge in [0.25, 0.3) is 0 Å². The molecule has 6 heteroatoms. The van der Waals surface area contributed by atoms with Gasteiger partial charge in [-0.3, -0.25) is 0 Å². The van der Waals surface area contributed by atoms with E-state index in [-0.39, 0.29) is 5.82 Å². The Hall–Kier alpha value is -3.28. The topological polar surface area (TPSA) is 49.7 Å². The van der Waals surface area contributed by atoms with Crippen LogP contribution in [0.5, 0.6) is 11.6 Å². The first kappa shape index (κ1) is 19.5. The second-order valence-corrected chi connectivity index (χ2v) is 6.11. The molecule has 0 atom stereocenters. The van der Waals surface area contributed by atoms with Gasteiger partial charge in [0.05, 0.1) is 27.4 Å². The molecule has 2 aromatic carbocycles. The number of carbonyl (C=O) groups is 1. The van der Waals surface area contributed by atoms with Crippen LogP contribution in [0.15, 0.2) is 54.6 Å². The molecule has 0 spiro atoms. The van der Waals surface area contributed by atoms with Gasteiger partial charge in [-0.05, 0) is 42.3 Å². The molecule has 0 amide bonds. The Morgan fingerprint density at radius 2 is 1.71 bits per heavy atom. The van der Waals surface area contributed by atoms with E-state index >= 15 is 0 Å². The fourth-order valence-electron chi connectivity index (χ4n) is 3.03. The van der Waals surface area contributed by atoms with Gasteiger partial charge in [0.15, 0.2) is 5.88 Å². The standard InChI is InChI=1S/C22H22FNO4/c1-4-28-20-13-19(16-7-11-18(26-2)12-8-16)21(22(25)27-3)24(20)14-15-5-9-17(23)10-6-15/h5-13H,4,14H2,1-3H3. The lowest BCUT2D eigenvalue weighted by molar-refractivity contribution is 0.0588. The number of aromatic nitrogens is 1. The van der Waals surface area contributed by atoms with Crippen molar-refractivity contribution in [2.75, 3.05) is 20.8 Å². The quantitative estimate of drug-likeness (QED) is 0.562. The molecule has 0 bridgehead atoms. The summed E-state index contributed by atoms with van der Waals surface area (Å²) >= 11 is 0. The van der Waals surface area contributed by atoms with Crippen molar-refractivity contribution in [3.8, 4) is 22.8 Å². The first-order chi connectivity index (χ1) is 13.6. The van der Waals surface area contributed by atoms with Gasteiger partial charge in [0, 0.05) is 11.6 Å². The Balaban J connectivity index is 2.13. The van der Waals surface area contributed by atoms with Gasteiger partial charge in [-0.25, -0.2) is 9.18 Å². The fourth-order valence-corrected chi connectivity index (χ4v) is 3.03. The van der Waals surface area contributed by atoms with Crippen LogP contribution in [0.1, 0.15) is 23.0 Å². The van der Waals surface area contributed by atoms with E-state index < -0.39 is 5.97 Å². The summed E-state index contributed by atoms with van der Waals surface area (Å²) in [4.78, 5) is 12.6. The van der Waals surface area contributed by atoms with Crippen molar-refractivity contribution in [2.24, 2.45) is 0 Å². The summed E-state index contributed by atoms with van der Waals surface area (Å²) in [6.45, 7) is 2.66. The average Bonchev–Trinajstić information content (AvgIpc) is 3.07. The summed E-state index contributed by atoms with van der Waals surface area (Å²) in [6, 6.07) is 15.4. The molecule has 0 aliphatic heterocycles. The van der Waals surface area contributed by atoms with E-state index in [4.69, 9.17) is 14.2 Å². The van der Waals surface area contributed by atoms with E-state index in [2.05, 4.69) is 0 Å². The number of rotatable bonds is 7. The lowest BCUT2D eigenvalue weighted by Crippen LogP contribution is -2.14. The SMILES string of the molecule is CCOc1cc(-c2ccc(OC)cc2)c(C(=O)OC)n1Cc1ccc(F)cc1. The number of carbonyl (C=O) groups excluding carboxylic acids is 1. The summed E-state index contributed by atoms with van der Waals surface area (Å²) in [5.74, 6) is 0.476. The molecule has 28 heavy (non-hydrogen) atoms. The molecule has 0 N–H and O–H groups in total. The van der Waals surface area contributed by atoms with Gasteiger partial charge in [-0.1, -0.05) is 24.3 Å². The van der Waals surface area contributed by atoms with Crippen molar-refractivity contribution in [1.82, 2.24) is 4.57 Å². The Morgan fingerprint density at radius 3 is 2.29 bits per heavy atom. The van der Waals surface area contributed by atoms with E-state index in [0.717, 1.165) is 16.9 Å². The molecule has 0 aliphatic carbocycles. The van der Waals surface area contributed by atoms with E-state index in [1.807, 2.05) is 37.3 Å². The van der Waals surface area contributed by atoms with Gasteiger partial charge in [0.2, 0.25) is 0 Å². The molecule has 0 fully saturated rings. The second kappa shape index (κ2) is 8.61. The van der Waals surface area contributed by atoms with Crippen LogP contribution in [0, 0.1) is 5.82 Å². The van der Waals surface area contributed by atoms with Crippen LogP contribution in [0.25, 0.3) is 11.1 Å². The maximum absolute atomic E-state index is 13.3. The van der Waals surface area contributed by atoms with E-state index in [9.17, 15) is 9.18 Å². The summed E-state index contributed by atoms with van der Waals surface area (Å²) in [6.07, 6.45) is 0. The molecular weight excluding hydrogens is 361 g/mol. The van der Waals surface area contributed by atoms with Crippen LogP contribution in [0.3, 0.4) is 0 Å². The zero-order valence-corrected chi connectivity index (χ0v) is 16.1. The number of nitrogens with zero attached hydrogens (tertiary/aromatic N) is 1. The molecule has 0 saturated heterocycles. The van der Waals surface area contributed by atoms with Crippen LogP contribution in [0.4, 0.5) is 4.39 Å². The Bertz CT molecular complexity index is 946. The number of halogens is 1. The van der Waals surface area contributed by atoms with Gasteiger partial charge in [-0.2, -0.15) is 0 Å². The predicted molar refractivity (Wildman–Crippen MR) is 104 cm³/mol. The van der Waals surface area contributed by atoms with Crippen molar-refractivity contribution < 1.29 is 23.4 Å². The lowest BCUT2D eigenvalue weighted by Gasteiger charge is -2.13. The number of methoxy groups -OCH3 is 2. The van der Waals surface area contributed by atoms with Crippen molar-refractivity contribution in [2.45, 2.75) is 13.5 Å². The van der Waals surface area contributed by atoms with E-state index in [1.54, 1.807) is 23.8 Å². The van der Waals surface area contributed by atoms with Gasteiger partial charge in [-0.15, -0.1) is 0 Å². The molecule has 1 aromatic heterocycles. The number of ether oxygens (including phenoxy) is 3. The monoisotopic (exact) mass is 383 g/mol. The van der Waals surface area contributed by atoms with Crippen molar-refractivity contribution in [1.29, 1.82) is 0 Å². The summed E-state index contributed by atoms with van der Waals surface area (Å²) in [5.41, 5.74) is 2.74. The molecule has 0 aliphatic rings. The Morgan fingerprint density at radius 1 is 1.04 bits per heavy atom. The van der Waals surface area contributed by atoms with Gasteiger partial charge >= 0.3 is 5.97 Å². The largest absolute Gasteiger partial charge is 0.497 e. The molecule has 3 aromatic rings. The Labute approximate surface area is 163 Å². The minimum atomic E-state index is -0.473. The molecular formula is C22H22FNO4. The molecule has 0 saturated carbocycles. The first-order valence-corrected chi connectivity index (χ1v) is 8.90. The third-order valence-electron chi connectivity index (χ3n) is 4.38. The fraction of sp³-hybridized carbons (Fsp3) is 0.227. The maximum Gasteiger partial charge on any atom is 0.355 e. The van der Waals surface area contributed by atoms with E-state index in [1.165, 1.54) is 19.2 Å². The normalized spacial score (nSPS) is 10.6. The highest BCUT2D eigenvalue weighted by Crippen LogP contribution is 2.34. The van der Waals surface area contributed by atoms with Crippen molar-refractivity contribution in [3.63, 3.8) is 0 Å². The average molecular weight is 383 g/mol. The maximum atomic E-state index is 13.3. The summed E-state index contributed by atoms with van der Waals surface area (Å²) in [7, 11) is 2.94. The highest BCUT2D eigenvalue weighted by Gasteiger charge is 2.24. The van der Waals surface area contributed by atoms with Gasteiger partial charge < -0.3 is 18.8 Å². The smallest absolute Gasteiger partial charge is 0.355 e. The van der Waals surface area contributed by atoms with Crippen molar-refractivity contribution >= 4 is 5.97 Å². The number of esters is 1. The zero-order valence-electron chi connectivity index (χ0n) is 16.1. The lowest BCUT2D eigenvalue weighted by atomic mass is 10.1.